The van der Waals surface area contributed by atoms with Gasteiger partial charge in [0.15, 0.2) is 6.10 Å². The van der Waals surface area contributed by atoms with E-state index in [4.69, 9.17) is 4.74 Å². The Kier molecular flexibility index (Phi) is 2.11. The van der Waals surface area contributed by atoms with Crippen molar-refractivity contribution in [3.63, 3.8) is 0 Å². The first-order valence-corrected chi connectivity index (χ1v) is 5.35. The quantitative estimate of drug-likeness (QED) is 0.760. The number of hydrogen-bond acceptors (Lipinski definition) is 3. The summed E-state index contributed by atoms with van der Waals surface area (Å²) in [6.45, 7) is 0. The first-order valence-electron chi connectivity index (χ1n) is 5.35. The van der Waals surface area contributed by atoms with Crippen molar-refractivity contribution >= 4 is 5.97 Å². The van der Waals surface area contributed by atoms with Gasteiger partial charge in [0.05, 0.1) is 11.1 Å². The number of fused-ring (bicyclic) bond motifs is 1. The summed E-state index contributed by atoms with van der Waals surface area (Å²) in [6, 6.07) is 14.3. The third-order valence-corrected chi connectivity index (χ3v) is 2.89. The molecule has 0 radical (unpaired) electrons. The Morgan fingerprint density at radius 2 is 1.76 bits per heavy atom. The van der Waals surface area contributed by atoms with Gasteiger partial charge in [-0.1, -0.05) is 36.4 Å². The number of hydrogen-bond donors (Lipinski definition) is 1. The molecule has 0 aliphatic carbocycles. The van der Waals surface area contributed by atoms with E-state index in [0.29, 0.717) is 11.1 Å². The highest BCUT2D eigenvalue weighted by atomic mass is 16.5. The molecule has 1 atom stereocenters. The number of benzene rings is 2. The maximum atomic E-state index is 11.7. The van der Waals surface area contributed by atoms with Crippen LogP contribution in [-0.4, -0.2) is 11.1 Å². The van der Waals surface area contributed by atoms with Crippen molar-refractivity contribution < 1.29 is 14.6 Å². The predicted octanol–water partition coefficient (Wildman–Crippen LogP) is 2.65. The fourth-order valence-corrected chi connectivity index (χ4v) is 2.10. The van der Waals surface area contributed by atoms with Crippen molar-refractivity contribution in [1.29, 1.82) is 0 Å². The lowest BCUT2D eigenvalue weighted by Crippen LogP contribution is -2.00. The number of esters is 1. The second-order valence-corrected chi connectivity index (χ2v) is 3.93. The van der Waals surface area contributed by atoms with E-state index < -0.39 is 6.10 Å². The first-order chi connectivity index (χ1) is 8.27. The fraction of sp³-hybridized carbons (Fsp3) is 0.0714. The molecule has 1 N–H and O–H groups in total. The summed E-state index contributed by atoms with van der Waals surface area (Å²) in [6.07, 6.45) is -0.500. The Morgan fingerprint density at radius 1 is 1.00 bits per heavy atom. The van der Waals surface area contributed by atoms with Gasteiger partial charge in [-0.05, 0) is 17.7 Å². The number of phenolic OH excluding ortho intramolecular Hbond substituents is 1. The van der Waals surface area contributed by atoms with Crippen LogP contribution in [0.5, 0.6) is 5.75 Å². The van der Waals surface area contributed by atoms with Crippen molar-refractivity contribution in [2.45, 2.75) is 6.10 Å². The monoisotopic (exact) mass is 226 g/mol. The van der Waals surface area contributed by atoms with E-state index in [-0.39, 0.29) is 11.7 Å². The van der Waals surface area contributed by atoms with Crippen LogP contribution in [0, 0.1) is 0 Å². The zero-order valence-corrected chi connectivity index (χ0v) is 8.96. The summed E-state index contributed by atoms with van der Waals surface area (Å²) in [5, 5.41) is 9.85. The van der Waals surface area contributed by atoms with Crippen LogP contribution in [0.25, 0.3) is 0 Å². The molecule has 0 saturated carbocycles. The van der Waals surface area contributed by atoms with Gasteiger partial charge in [-0.15, -0.1) is 0 Å². The molecule has 1 aliphatic rings. The van der Waals surface area contributed by atoms with E-state index in [1.807, 2.05) is 30.3 Å². The minimum atomic E-state index is -0.500. The van der Waals surface area contributed by atoms with Crippen molar-refractivity contribution in [2.24, 2.45) is 0 Å². The number of ether oxygens (including phenoxy) is 1. The SMILES string of the molecule is O=C1O[C@H](c2ccccc2)c2c(O)cccc21. The third kappa shape index (κ3) is 1.47. The van der Waals surface area contributed by atoms with Crippen LogP contribution in [0.2, 0.25) is 0 Å². The van der Waals surface area contributed by atoms with Gasteiger partial charge in [0.25, 0.3) is 0 Å². The zero-order chi connectivity index (χ0) is 11.8. The smallest absolute Gasteiger partial charge is 0.339 e. The highest BCUT2D eigenvalue weighted by molar-refractivity contribution is 5.95. The van der Waals surface area contributed by atoms with Gasteiger partial charge >= 0.3 is 5.97 Å². The minimum absolute atomic E-state index is 0.0993. The average molecular weight is 226 g/mol. The Balaban J connectivity index is 2.16. The molecule has 84 valence electrons. The van der Waals surface area contributed by atoms with Gasteiger partial charge in [0, 0.05) is 0 Å². The number of cyclic esters (lactones) is 1. The number of carbonyl (C=O) groups is 1. The topological polar surface area (TPSA) is 46.5 Å². The van der Waals surface area contributed by atoms with Crippen molar-refractivity contribution in [1.82, 2.24) is 0 Å². The first kappa shape index (κ1) is 9.90. The lowest BCUT2D eigenvalue weighted by molar-refractivity contribution is 0.0454. The molecule has 0 unspecified atom stereocenters. The van der Waals surface area contributed by atoms with E-state index in [1.54, 1.807) is 18.2 Å². The van der Waals surface area contributed by atoms with Gasteiger partial charge in [0.2, 0.25) is 0 Å². The summed E-state index contributed by atoms with van der Waals surface area (Å²) in [5.74, 6) is -0.285. The number of carbonyl (C=O) groups excluding carboxylic acids is 1. The summed E-state index contributed by atoms with van der Waals surface area (Å²) >= 11 is 0. The molecule has 17 heavy (non-hydrogen) atoms. The Bertz CT molecular complexity index is 575. The molecule has 0 bridgehead atoms. The summed E-state index contributed by atoms with van der Waals surface area (Å²) < 4.78 is 5.30. The van der Waals surface area contributed by atoms with Crippen LogP contribution >= 0.6 is 0 Å². The highest BCUT2D eigenvalue weighted by Gasteiger charge is 2.34. The Morgan fingerprint density at radius 3 is 2.53 bits per heavy atom. The molecular formula is C14H10O3. The van der Waals surface area contributed by atoms with E-state index in [2.05, 4.69) is 0 Å². The predicted molar refractivity (Wildman–Crippen MR) is 61.8 cm³/mol. The van der Waals surface area contributed by atoms with Crippen LogP contribution in [0.4, 0.5) is 0 Å². The molecule has 0 aromatic heterocycles. The highest BCUT2D eigenvalue weighted by Crippen LogP contribution is 2.40. The van der Waals surface area contributed by atoms with Gasteiger partial charge in [0.1, 0.15) is 5.75 Å². The number of aromatic hydroxyl groups is 1. The molecule has 1 aliphatic heterocycles. The summed E-state index contributed by atoms with van der Waals surface area (Å²) in [7, 11) is 0. The summed E-state index contributed by atoms with van der Waals surface area (Å²) in [5.41, 5.74) is 1.86. The molecule has 3 rings (SSSR count). The molecular weight excluding hydrogens is 216 g/mol. The van der Waals surface area contributed by atoms with Crippen LogP contribution in [0.1, 0.15) is 27.6 Å². The van der Waals surface area contributed by atoms with E-state index in [0.717, 1.165) is 5.56 Å². The van der Waals surface area contributed by atoms with Crippen LogP contribution in [0.15, 0.2) is 48.5 Å². The van der Waals surface area contributed by atoms with Crippen LogP contribution < -0.4 is 0 Å². The minimum Gasteiger partial charge on any atom is -0.507 e. The number of rotatable bonds is 1. The van der Waals surface area contributed by atoms with E-state index >= 15 is 0 Å². The van der Waals surface area contributed by atoms with Crippen molar-refractivity contribution in [3.8, 4) is 5.75 Å². The van der Waals surface area contributed by atoms with Gasteiger partial charge in [-0.3, -0.25) is 0 Å². The lowest BCUT2D eigenvalue weighted by atomic mass is 9.98. The van der Waals surface area contributed by atoms with E-state index in [1.165, 1.54) is 0 Å². The van der Waals surface area contributed by atoms with Gasteiger partial charge in [-0.2, -0.15) is 0 Å². The maximum Gasteiger partial charge on any atom is 0.339 e. The fourth-order valence-electron chi connectivity index (χ4n) is 2.10. The molecule has 0 saturated heterocycles. The number of phenols is 1. The van der Waals surface area contributed by atoms with Crippen LogP contribution in [-0.2, 0) is 4.74 Å². The van der Waals surface area contributed by atoms with Crippen molar-refractivity contribution in [2.75, 3.05) is 0 Å². The normalized spacial score (nSPS) is 17.6. The molecule has 0 spiro atoms. The molecule has 3 heteroatoms. The second-order valence-electron chi connectivity index (χ2n) is 3.93. The average Bonchev–Trinajstić information content (AvgIpc) is 2.70. The van der Waals surface area contributed by atoms with E-state index in [9.17, 15) is 9.90 Å². The maximum absolute atomic E-state index is 11.7. The lowest BCUT2D eigenvalue weighted by Gasteiger charge is -2.11. The Hall–Kier alpha value is -2.29. The standard InChI is InChI=1S/C14H10O3/c15-11-8-4-7-10-12(11)13(17-14(10)16)9-5-2-1-3-6-9/h1-8,13,15H/t13-/m1/s1. The van der Waals surface area contributed by atoms with Gasteiger partial charge in [-0.25, -0.2) is 4.79 Å². The second kappa shape index (κ2) is 3.63. The molecule has 0 amide bonds. The van der Waals surface area contributed by atoms with Gasteiger partial charge < -0.3 is 9.84 Å². The molecule has 2 aromatic rings. The molecule has 3 nitrogen and oxygen atoms in total. The zero-order valence-electron chi connectivity index (χ0n) is 8.96. The molecule has 1 heterocycles. The largest absolute Gasteiger partial charge is 0.507 e. The Labute approximate surface area is 98.3 Å². The third-order valence-electron chi connectivity index (χ3n) is 2.89. The summed E-state index contributed by atoms with van der Waals surface area (Å²) in [4.78, 5) is 11.7. The molecule has 2 aromatic carbocycles. The van der Waals surface area contributed by atoms with Crippen LogP contribution in [0.3, 0.4) is 0 Å². The van der Waals surface area contributed by atoms with Crippen molar-refractivity contribution in [3.05, 3.63) is 65.2 Å². The molecule has 0 fully saturated rings.